The molecule has 0 saturated heterocycles. The number of anilines is 1. The fraction of sp³-hybridized carbons (Fsp3) is 0.214. The molecule has 21 heavy (non-hydrogen) atoms. The van der Waals surface area contributed by atoms with Crippen molar-refractivity contribution in [2.45, 2.75) is 13.0 Å². The maximum Gasteiger partial charge on any atom is 0.272 e. The summed E-state index contributed by atoms with van der Waals surface area (Å²) < 4.78 is 0. The van der Waals surface area contributed by atoms with Crippen LogP contribution in [0.2, 0.25) is 0 Å². The van der Waals surface area contributed by atoms with E-state index in [0.29, 0.717) is 17.1 Å². The molecule has 1 amide bonds. The Morgan fingerprint density at radius 2 is 2.29 bits per heavy atom. The van der Waals surface area contributed by atoms with Crippen molar-refractivity contribution in [3.05, 3.63) is 50.3 Å². The van der Waals surface area contributed by atoms with Crippen molar-refractivity contribution in [2.75, 3.05) is 11.9 Å². The normalized spacial score (nSPS) is 13.3. The molecule has 0 saturated carbocycles. The highest BCUT2D eigenvalue weighted by atomic mass is 32.1. The molecule has 0 spiro atoms. The molecule has 1 aliphatic rings. The number of fused-ring (bicyclic) bond motifs is 1. The molecule has 1 aliphatic heterocycles. The van der Waals surface area contributed by atoms with Crippen LogP contribution in [0.15, 0.2) is 23.0 Å². The van der Waals surface area contributed by atoms with Gasteiger partial charge in [-0.2, -0.15) is 5.26 Å². The number of hydrogen-bond donors (Lipinski definition) is 3. The number of amides is 1. The minimum atomic E-state index is -0.421. The van der Waals surface area contributed by atoms with Crippen molar-refractivity contribution in [3.63, 3.8) is 0 Å². The fourth-order valence-corrected chi connectivity index (χ4v) is 3.45. The SMILES string of the molecule is N#Cc1c(NC(=O)c2cccc(=O)[nH]2)sc2c1CCNC2. The molecule has 3 heterocycles. The summed E-state index contributed by atoms with van der Waals surface area (Å²) in [5.41, 5.74) is 1.38. The van der Waals surface area contributed by atoms with Gasteiger partial charge in [0.25, 0.3) is 5.91 Å². The van der Waals surface area contributed by atoms with Crippen molar-refractivity contribution in [1.29, 1.82) is 5.26 Å². The van der Waals surface area contributed by atoms with Gasteiger partial charge in [-0.3, -0.25) is 9.59 Å². The van der Waals surface area contributed by atoms with E-state index >= 15 is 0 Å². The summed E-state index contributed by atoms with van der Waals surface area (Å²) in [5.74, 6) is -0.421. The molecule has 0 aliphatic carbocycles. The third-order valence-electron chi connectivity index (χ3n) is 3.28. The molecule has 0 fully saturated rings. The van der Waals surface area contributed by atoms with Crippen molar-refractivity contribution < 1.29 is 4.79 Å². The van der Waals surface area contributed by atoms with Gasteiger partial charge in [-0.05, 0) is 24.6 Å². The predicted molar refractivity (Wildman–Crippen MR) is 79.5 cm³/mol. The number of nitriles is 1. The van der Waals surface area contributed by atoms with Crippen molar-refractivity contribution in [1.82, 2.24) is 10.3 Å². The number of carbonyl (C=O) groups excluding carboxylic acids is 1. The average Bonchev–Trinajstić information content (AvgIpc) is 2.84. The predicted octanol–water partition coefficient (Wildman–Crippen LogP) is 1.21. The van der Waals surface area contributed by atoms with Crippen LogP contribution in [-0.4, -0.2) is 17.4 Å². The Morgan fingerprint density at radius 3 is 3.05 bits per heavy atom. The van der Waals surface area contributed by atoms with E-state index in [-0.39, 0.29) is 11.3 Å². The highest BCUT2D eigenvalue weighted by molar-refractivity contribution is 7.16. The molecule has 7 heteroatoms. The summed E-state index contributed by atoms with van der Waals surface area (Å²) in [7, 11) is 0. The highest BCUT2D eigenvalue weighted by Crippen LogP contribution is 2.34. The Hall–Kier alpha value is -2.43. The van der Waals surface area contributed by atoms with E-state index in [1.165, 1.54) is 29.5 Å². The third-order valence-corrected chi connectivity index (χ3v) is 4.43. The number of aromatic amines is 1. The Kier molecular flexibility index (Phi) is 3.56. The Balaban J connectivity index is 1.92. The second-order valence-electron chi connectivity index (χ2n) is 4.63. The van der Waals surface area contributed by atoms with Crippen molar-refractivity contribution >= 4 is 22.2 Å². The number of aromatic nitrogens is 1. The van der Waals surface area contributed by atoms with E-state index in [4.69, 9.17) is 0 Å². The van der Waals surface area contributed by atoms with Crippen LogP contribution in [0.1, 0.15) is 26.5 Å². The minimum Gasteiger partial charge on any atom is -0.318 e. The molecular weight excluding hydrogens is 288 g/mol. The van der Waals surface area contributed by atoms with Gasteiger partial charge in [0.1, 0.15) is 16.8 Å². The molecule has 0 radical (unpaired) electrons. The van der Waals surface area contributed by atoms with Crippen LogP contribution in [0.4, 0.5) is 5.00 Å². The zero-order chi connectivity index (χ0) is 14.8. The summed E-state index contributed by atoms with van der Waals surface area (Å²) in [6, 6.07) is 6.55. The van der Waals surface area contributed by atoms with E-state index in [2.05, 4.69) is 21.7 Å². The number of nitrogens with one attached hydrogen (secondary N) is 3. The number of thiophene rings is 1. The summed E-state index contributed by atoms with van der Waals surface area (Å²) in [4.78, 5) is 26.9. The van der Waals surface area contributed by atoms with Gasteiger partial charge in [0.05, 0.1) is 5.56 Å². The van der Waals surface area contributed by atoms with Gasteiger partial charge in [0.2, 0.25) is 5.56 Å². The molecule has 6 nitrogen and oxygen atoms in total. The topological polar surface area (TPSA) is 97.8 Å². The first kappa shape index (κ1) is 13.5. The molecule has 0 unspecified atom stereocenters. The zero-order valence-corrected chi connectivity index (χ0v) is 11.8. The van der Waals surface area contributed by atoms with Gasteiger partial charge in [-0.1, -0.05) is 6.07 Å². The lowest BCUT2D eigenvalue weighted by Crippen LogP contribution is -2.22. The van der Waals surface area contributed by atoms with E-state index in [1.54, 1.807) is 0 Å². The molecular formula is C14H12N4O2S. The first-order chi connectivity index (χ1) is 10.2. The monoisotopic (exact) mass is 300 g/mol. The van der Waals surface area contributed by atoms with Crippen LogP contribution in [-0.2, 0) is 13.0 Å². The molecule has 2 aromatic heterocycles. The maximum atomic E-state index is 12.1. The highest BCUT2D eigenvalue weighted by Gasteiger charge is 2.22. The average molecular weight is 300 g/mol. The van der Waals surface area contributed by atoms with Crippen molar-refractivity contribution in [3.8, 4) is 6.07 Å². The second-order valence-corrected chi connectivity index (χ2v) is 5.73. The Labute approximate surface area is 124 Å². The molecule has 2 aromatic rings. The van der Waals surface area contributed by atoms with Crippen LogP contribution in [0, 0.1) is 11.3 Å². The Morgan fingerprint density at radius 1 is 1.43 bits per heavy atom. The van der Waals surface area contributed by atoms with Gasteiger partial charge >= 0.3 is 0 Å². The number of nitrogens with zero attached hydrogens (tertiary/aromatic N) is 1. The minimum absolute atomic E-state index is 0.177. The largest absolute Gasteiger partial charge is 0.318 e. The first-order valence-electron chi connectivity index (χ1n) is 6.45. The Bertz CT molecular complexity index is 800. The van der Waals surface area contributed by atoms with Gasteiger partial charge in [-0.25, -0.2) is 0 Å². The number of hydrogen-bond acceptors (Lipinski definition) is 5. The molecule has 0 bridgehead atoms. The lowest BCUT2D eigenvalue weighted by atomic mass is 10.1. The number of carbonyl (C=O) groups is 1. The summed E-state index contributed by atoms with van der Waals surface area (Å²) in [6.07, 6.45) is 0.784. The maximum absolute atomic E-state index is 12.1. The molecule has 3 N–H and O–H groups in total. The van der Waals surface area contributed by atoms with Gasteiger partial charge in [0, 0.05) is 17.5 Å². The lowest BCUT2D eigenvalue weighted by molar-refractivity contribution is 0.102. The third kappa shape index (κ3) is 2.59. The van der Waals surface area contributed by atoms with E-state index in [9.17, 15) is 14.9 Å². The second kappa shape index (κ2) is 5.52. The smallest absolute Gasteiger partial charge is 0.272 e. The number of pyridine rings is 1. The molecule has 3 rings (SSSR count). The summed E-state index contributed by atoms with van der Waals surface area (Å²) >= 11 is 1.40. The van der Waals surface area contributed by atoms with E-state index < -0.39 is 5.91 Å². The summed E-state index contributed by atoms with van der Waals surface area (Å²) in [6.45, 7) is 1.55. The molecule has 0 atom stereocenters. The number of H-pyrrole nitrogens is 1. The van der Waals surface area contributed by atoms with Crippen LogP contribution in [0.5, 0.6) is 0 Å². The van der Waals surface area contributed by atoms with Gasteiger partial charge < -0.3 is 15.6 Å². The van der Waals surface area contributed by atoms with Gasteiger partial charge in [0.15, 0.2) is 0 Å². The fourth-order valence-electron chi connectivity index (χ4n) is 2.29. The van der Waals surface area contributed by atoms with E-state index in [0.717, 1.165) is 23.4 Å². The van der Waals surface area contributed by atoms with Crippen LogP contribution in [0.25, 0.3) is 0 Å². The molecule has 0 aromatic carbocycles. The molecule has 106 valence electrons. The zero-order valence-electron chi connectivity index (χ0n) is 11.0. The van der Waals surface area contributed by atoms with Crippen LogP contribution in [0.3, 0.4) is 0 Å². The van der Waals surface area contributed by atoms with Crippen LogP contribution >= 0.6 is 11.3 Å². The standard InChI is InChI=1S/C14H12N4O2S/c15-6-9-8-4-5-16-7-11(8)21-14(9)18-13(20)10-2-1-3-12(19)17-10/h1-3,16H,4-5,7H2,(H,17,19)(H,18,20). The summed E-state index contributed by atoms with van der Waals surface area (Å²) in [5, 5.41) is 15.8. The quantitative estimate of drug-likeness (QED) is 0.776. The lowest BCUT2D eigenvalue weighted by Gasteiger charge is -2.11. The van der Waals surface area contributed by atoms with Crippen molar-refractivity contribution in [2.24, 2.45) is 0 Å². The van der Waals surface area contributed by atoms with Gasteiger partial charge in [-0.15, -0.1) is 11.3 Å². The van der Waals surface area contributed by atoms with Crippen LogP contribution < -0.4 is 16.2 Å². The van der Waals surface area contributed by atoms with E-state index in [1.807, 2.05) is 0 Å². The first-order valence-corrected chi connectivity index (χ1v) is 7.26. The number of rotatable bonds is 2.